The first-order valence-electron chi connectivity index (χ1n) is 13.1. The van der Waals surface area contributed by atoms with E-state index < -0.39 is 0 Å². The van der Waals surface area contributed by atoms with Gasteiger partial charge in [0.15, 0.2) is 0 Å². The summed E-state index contributed by atoms with van der Waals surface area (Å²) in [7, 11) is 0. The van der Waals surface area contributed by atoms with E-state index in [1.807, 2.05) is 36.4 Å². The van der Waals surface area contributed by atoms with Gasteiger partial charge in [-0.15, -0.1) is 0 Å². The molecule has 5 aromatic carbocycles. The molecule has 0 saturated carbocycles. The van der Waals surface area contributed by atoms with Crippen LogP contribution in [0.2, 0.25) is 0 Å². The van der Waals surface area contributed by atoms with Crippen LogP contribution < -0.4 is 5.32 Å². The second kappa shape index (κ2) is 12.4. The molecule has 0 aliphatic heterocycles. The van der Waals surface area contributed by atoms with Crippen molar-refractivity contribution in [3.63, 3.8) is 0 Å². The van der Waals surface area contributed by atoms with Crippen LogP contribution in [0, 0.1) is 11.3 Å². The molecule has 0 bridgehead atoms. The summed E-state index contributed by atoms with van der Waals surface area (Å²) in [6.45, 7) is 2.86. The zero-order valence-corrected chi connectivity index (χ0v) is 22.0. The number of nitrogens with one attached hydrogen (secondary N) is 1. The molecule has 0 unspecified atom stereocenters. The van der Waals surface area contributed by atoms with Crippen molar-refractivity contribution >= 4 is 16.8 Å². The molecule has 0 amide bonds. The molecule has 39 heavy (non-hydrogen) atoms. The monoisotopic (exact) mass is 502 g/mol. The highest BCUT2D eigenvalue weighted by Crippen LogP contribution is 2.27. The molecule has 0 fully saturated rings. The van der Waals surface area contributed by atoms with Gasteiger partial charge in [-0.05, 0) is 81.8 Å². The normalized spacial score (nSPS) is 11.6. The second-order valence-corrected chi connectivity index (χ2v) is 9.45. The average Bonchev–Trinajstić information content (AvgIpc) is 3.02. The van der Waals surface area contributed by atoms with Gasteiger partial charge in [0.25, 0.3) is 0 Å². The number of nitriles is 1. The van der Waals surface area contributed by atoms with Gasteiger partial charge in [-0.1, -0.05) is 115 Å². The topological polar surface area (TPSA) is 35.8 Å². The highest BCUT2D eigenvalue weighted by atomic mass is 14.8. The minimum Gasteiger partial charge on any atom is -0.382 e. The van der Waals surface area contributed by atoms with E-state index in [-0.39, 0.29) is 0 Å². The summed E-state index contributed by atoms with van der Waals surface area (Å²) in [5, 5.41) is 12.6. The molecule has 5 aromatic rings. The maximum atomic E-state index is 9.04. The van der Waals surface area contributed by atoms with Crippen LogP contribution in [0.4, 0.5) is 5.69 Å². The van der Waals surface area contributed by atoms with E-state index >= 15 is 0 Å². The summed E-state index contributed by atoms with van der Waals surface area (Å²) < 4.78 is 0. The Bertz CT molecular complexity index is 1620. The van der Waals surface area contributed by atoms with E-state index in [1.54, 1.807) is 0 Å². The molecular formula is C37H30N2. The second-order valence-electron chi connectivity index (χ2n) is 9.45. The molecule has 0 aliphatic rings. The van der Waals surface area contributed by atoms with E-state index in [1.165, 1.54) is 33.4 Å². The van der Waals surface area contributed by atoms with Crippen LogP contribution in [-0.2, 0) is 0 Å². The van der Waals surface area contributed by atoms with E-state index in [4.69, 9.17) is 5.26 Å². The lowest BCUT2D eigenvalue weighted by Gasteiger charge is -2.11. The fraction of sp³-hybridized carbons (Fsp3) is 0.0541. The Morgan fingerprint density at radius 3 is 1.87 bits per heavy atom. The summed E-state index contributed by atoms with van der Waals surface area (Å²) in [6.07, 6.45) is 4.53. The van der Waals surface area contributed by atoms with Crippen molar-refractivity contribution in [3.8, 4) is 28.3 Å². The van der Waals surface area contributed by atoms with Crippen LogP contribution in [0.1, 0.15) is 23.6 Å². The Hall–Kier alpha value is -5.13. The minimum atomic E-state index is 0.672. The van der Waals surface area contributed by atoms with Gasteiger partial charge in [0.2, 0.25) is 0 Å². The first kappa shape index (κ1) is 25.5. The van der Waals surface area contributed by atoms with Crippen LogP contribution in [0.5, 0.6) is 0 Å². The number of hydrogen-bond donors (Lipinski definition) is 1. The summed E-state index contributed by atoms with van der Waals surface area (Å²) in [5.74, 6) is 0. The molecule has 0 radical (unpaired) electrons. The summed E-state index contributed by atoms with van der Waals surface area (Å²) in [4.78, 5) is 0. The predicted octanol–water partition coefficient (Wildman–Crippen LogP) is 9.49. The van der Waals surface area contributed by atoms with Gasteiger partial charge in [0.1, 0.15) is 0 Å². The van der Waals surface area contributed by atoms with Gasteiger partial charge in [-0.25, -0.2) is 0 Å². The number of rotatable bonds is 8. The molecule has 0 aromatic heterocycles. The smallest absolute Gasteiger partial charge is 0.0991 e. The van der Waals surface area contributed by atoms with Crippen LogP contribution in [-0.4, -0.2) is 6.54 Å². The maximum Gasteiger partial charge on any atom is 0.0991 e. The third-order valence-corrected chi connectivity index (χ3v) is 6.76. The largest absolute Gasteiger partial charge is 0.382 e. The van der Waals surface area contributed by atoms with Crippen LogP contribution in [0.25, 0.3) is 33.4 Å². The maximum absolute atomic E-state index is 9.04. The van der Waals surface area contributed by atoms with E-state index in [2.05, 4.69) is 128 Å². The highest BCUT2D eigenvalue weighted by Gasteiger charge is 2.05. The third kappa shape index (κ3) is 6.60. The Kier molecular flexibility index (Phi) is 8.12. The fourth-order valence-electron chi connectivity index (χ4n) is 4.58. The van der Waals surface area contributed by atoms with Gasteiger partial charge >= 0.3 is 0 Å². The lowest BCUT2D eigenvalue weighted by molar-refractivity contribution is 1.33. The van der Waals surface area contributed by atoms with Crippen molar-refractivity contribution in [2.45, 2.75) is 6.92 Å². The Balaban J connectivity index is 1.39. The summed E-state index contributed by atoms with van der Waals surface area (Å²) >= 11 is 0. The number of nitrogens with zero attached hydrogens (tertiary/aromatic N) is 1. The van der Waals surface area contributed by atoms with Crippen molar-refractivity contribution < 1.29 is 0 Å². The molecule has 2 nitrogen and oxygen atoms in total. The van der Waals surface area contributed by atoms with Crippen LogP contribution in [0.3, 0.4) is 0 Å². The first-order chi connectivity index (χ1) is 19.2. The Morgan fingerprint density at radius 2 is 1.21 bits per heavy atom. The molecule has 0 saturated heterocycles. The van der Waals surface area contributed by atoms with Crippen molar-refractivity contribution in [3.05, 3.63) is 162 Å². The van der Waals surface area contributed by atoms with Crippen molar-refractivity contribution in [1.82, 2.24) is 0 Å². The van der Waals surface area contributed by atoms with E-state index in [0.717, 1.165) is 16.8 Å². The number of benzene rings is 5. The van der Waals surface area contributed by atoms with Gasteiger partial charge in [0.05, 0.1) is 11.6 Å². The van der Waals surface area contributed by atoms with Gasteiger partial charge < -0.3 is 5.32 Å². The zero-order valence-electron chi connectivity index (χ0n) is 22.0. The van der Waals surface area contributed by atoms with E-state index in [0.29, 0.717) is 12.1 Å². The number of anilines is 1. The van der Waals surface area contributed by atoms with Crippen LogP contribution in [0.15, 0.2) is 146 Å². The first-order valence-corrected chi connectivity index (χ1v) is 13.1. The predicted molar refractivity (Wildman–Crippen MR) is 165 cm³/mol. The Labute approximate surface area is 231 Å². The summed E-state index contributed by atoms with van der Waals surface area (Å²) in [5.41, 5.74) is 11.2. The van der Waals surface area contributed by atoms with Crippen molar-refractivity contribution in [2.75, 3.05) is 11.9 Å². The molecule has 0 spiro atoms. The molecule has 2 heteroatoms. The molecule has 188 valence electrons. The zero-order chi connectivity index (χ0) is 26.9. The van der Waals surface area contributed by atoms with Gasteiger partial charge in [0, 0.05) is 12.2 Å². The Morgan fingerprint density at radius 1 is 0.641 bits per heavy atom. The molecule has 5 rings (SSSR count). The third-order valence-electron chi connectivity index (χ3n) is 6.76. The SMILES string of the molecule is C/C(=C\C(=C/CNc1ccc(-c2ccc(C#N)cc2)cc1)c1cccc(-c2ccccc2)c1)c1ccccc1. The molecular weight excluding hydrogens is 472 g/mol. The molecule has 0 heterocycles. The van der Waals surface area contributed by atoms with E-state index in [9.17, 15) is 0 Å². The highest BCUT2D eigenvalue weighted by molar-refractivity contribution is 5.85. The quantitative estimate of drug-likeness (QED) is 0.214. The van der Waals surface area contributed by atoms with Crippen LogP contribution >= 0.6 is 0 Å². The minimum absolute atomic E-state index is 0.672. The number of allylic oxidation sites excluding steroid dienone is 3. The standard InChI is InChI=1S/C37H30N2/c1-28(30-9-4-2-5-10-30)25-36(35-14-8-13-34(26-35)31-11-6-3-7-12-31)23-24-39-37-21-19-33(20-22-37)32-17-15-29(27-38)16-18-32/h2-23,25-26,39H,24H2,1H3/b28-25+,36-23+. The lowest BCUT2D eigenvalue weighted by Crippen LogP contribution is -1.99. The molecule has 0 aliphatic carbocycles. The van der Waals surface area contributed by atoms with Gasteiger partial charge in [-0.3, -0.25) is 0 Å². The molecule has 1 N–H and O–H groups in total. The van der Waals surface area contributed by atoms with Crippen molar-refractivity contribution in [2.24, 2.45) is 0 Å². The van der Waals surface area contributed by atoms with Gasteiger partial charge in [-0.2, -0.15) is 5.26 Å². The lowest BCUT2D eigenvalue weighted by atomic mass is 9.96. The molecule has 0 atom stereocenters. The average molecular weight is 503 g/mol. The summed E-state index contributed by atoms with van der Waals surface area (Å²) in [6, 6.07) is 48.0. The van der Waals surface area contributed by atoms with Crippen molar-refractivity contribution in [1.29, 1.82) is 5.26 Å². The number of hydrogen-bond acceptors (Lipinski definition) is 2. The fourth-order valence-corrected chi connectivity index (χ4v) is 4.58.